The molecule has 1 heterocycles. The van der Waals surface area contributed by atoms with Crippen LogP contribution in [0.1, 0.15) is 0 Å². The van der Waals surface area contributed by atoms with E-state index in [4.69, 9.17) is 10.2 Å². The van der Waals surface area contributed by atoms with Gasteiger partial charge >= 0.3 is 12.0 Å². The minimum atomic E-state index is -1.57. The summed E-state index contributed by atoms with van der Waals surface area (Å²) in [5.41, 5.74) is 0. The van der Waals surface area contributed by atoms with Crippen molar-refractivity contribution in [3.8, 4) is 6.01 Å². The molecule has 0 aliphatic rings. The van der Waals surface area contributed by atoms with Crippen molar-refractivity contribution < 1.29 is 19.7 Å². The quantitative estimate of drug-likeness (QED) is 0.531. The Balaban J connectivity index is 2.55. The second-order valence-electron chi connectivity index (χ2n) is 2.04. The smallest absolute Gasteiger partial charge is 0.345 e. The average Bonchev–Trinajstić information content (AvgIpc) is 2.18. The van der Waals surface area contributed by atoms with Crippen molar-refractivity contribution in [2.24, 2.45) is 0 Å². The summed E-state index contributed by atoms with van der Waals surface area (Å²) in [6.07, 6.45) is 0.707. The van der Waals surface area contributed by atoms with Crippen molar-refractivity contribution in [1.82, 2.24) is 15.0 Å². The summed E-state index contributed by atoms with van der Waals surface area (Å²) in [7, 11) is 0. The van der Waals surface area contributed by atoms with Crippen molar-refractivity contribution in [2.75, 3.05) is 6.61 Å². The maximum atomic E-state index is 10.8. The lowest BCUT2D eigenvalue weighted by Crippen LogP contribution is -2.29. The van der Waals surface area contributed by atoms with Crippen LogP contribution in [-0.4, -0.2) is 43.8 Å². The predicted octanol–water partition coefficient (Wildman–Crippen LogP) is -1.87. The van der Waals surface area contributed by atoms with Crippen LogP contribution in [0, 0.1) is 0 Å². The molecule has 0 bridgehead atoms. The number of nitrogens with zero attached hydrogens (tertiary/aromatic N) is 3. The first-order valence-corrected chi connectivity index (χ1v) is 3.36. The van der Waals surface area contributed by atoms with E-state index >= 15 is 0 Å². The molecule has 0 fully saturated rings. The van der Waals surface area contributed by atoms with E-state index in [1.54, 1.807) is 0 Å². The van der Waals surface area contributed by atoms with Gasteiger partial charge in [-0.15, -0.1) is 0 Å². The molecule has 1 rings (SSSR count). The van der Waals surface area contributed by atoms with E-state index < -0.39 is 18.7 Å². The van der Waals surface area contributed by atoms with Crippen LogP contribution < -0.4 is 4.74 Å². The Morgan fingerprint density at radius 1 is 1.54 bits per heavy atom. The summed E-state index contributed by atoms with van der Waals surface area (Å²) in [5, 5.41) is 17.2. The van der Waals surface area contributed by atoms with Gasteiger partial charge in [0.1, 0.15) is 12.7 Å². The second kappa shape index (κ2) is 4.43. The SMILES string of the molecule is O=C(Oc1ncncn1)C(O)CO. The summed E-state index contributed by atoms with van der Waals surface area (Å²) in [4.78, 5) is 21.3. The van der Waals surface area contributed by atoms with Gasteiger partial charge in [0.05, 0.1) is 6.61 Å². The molecular weight excluding hydrogens is 178 g/mol. The molecule has 0 aliphatic carbocycles. The molecule has 0 radical (unpaired) electrons. The molecule has 0 aromatic carbocycles. The maximum Gasteiger partial charge on any atom is 0.345 e. The molecule has 0 saturated heterocycles. The summed E-state index contributed by atoms with van der Waals surface area (Å²) >= 11 is 0. The zero-order chi connectivity index (χ0) is 9.68. The molecule has 70 valence electrons. The van der Waals surface area contributed by atoms with Crippen LogP contribution >= 0.6 is 0 Å². The molecule has 1 unspecified atom stereocenters. The number of aromatic nitrogens is 3. The predicted molar refractivity (Wildman–Crippen MR) is 38.6 cm³/mol. The molecule has 13 heavy (non-hydrogen) atoms. The fourth-order valence-corrected chi connectivity index (χ4v) is 0.514. The maximum absolute atomic E-state index is 10.8. The number of carbonyl (C=O) groups excluding carboxylic acids is 1. The third-order valence-electron chi connectivity index (χ3n) is 1.11. The zero-order valence-corrected chi connectivity index (χ0v) is 6.49. The fraction of sp³-hybridized carbons (Fsp3) is 0.333. The van der Waals surface area contributed by atoms with E-state index in [-0.39, 0.29) is 6.01 Å². The highest BCUT2D eigenvalue weighted by atomic mass is 16.6. The van der Waals surface area contributed by atoms with Gasteiger partial charge in [0.25, 0.3) is 0 Å². The Hall–Kier alpha value is -1.60. The number of ether oxygens (including phenoxy) is 1. The Morgan fingerprint density at radius 2 is 2.15 bits per heavy atom. The first-order chi connectivity index (χ1) is 6.24. The van der Waals surface area contributed by atoms with Gasteiger partial charge in [-0.25, -0.2) is 9.78 Å². The van der Waals surface area contributed by atoms with E-state index in [0.717, 1.165) is 12.7 Å². The highest BCUT2D eigenvalue weighted by Gasteiger charge is 2.16. The lowest BCUT2D eigenvalue weighted by Gasteiger charge is -2.04. The Morgan fingerprint density at radius 3 is 2.69 bits per heavy atom. The Bertz CT molecular complexity index is 278. The van der Waals surface area contributed by atoms with Gasteiger partial charge in [0, 0.05) is 0 Å². The molecule has 7 heteroatoms. The molecule has 1 aromatic rings. The van der Waals surface area contributed by atoms with Gasteiger partial charge in [-0.3, -0.25) is 0 Å². The highest BCUT2D eigenvalue weighted by Crippen LogP contribution is 1.97. The molecule has 0 saturated carbocycles. The Labute approximate surface area is 73.0 Å². The molecule has 1 aromatic heterocycles. The summed E-state index contributed by atoms with van der Waals surface area (Å²) < 4.78 is 4.46. The third kappa shape index (κ3) is 2.73. The average molecular weight is 185 g/mol. The molecule has 0 aliphatic heterocycles. The number of hydrogen-bond acceptors (Lipinski definition) is 7. The minimum Gasteiger partial charge on any atom is -0.393 e. The fourth-order valence-electron chi connectivity index (χ4n) is 0.514. The van der Waals surface area contributed by atoms with Crippen molar-refractivity contribution in [3.05, 3.63) is 12.7 Å². The van der Waals surface area contributed by atoms with Crippen LogP contribution in [0.4, 0.5) is 0 Å². The second-order valence-corrected chi connectivity index (χ2v) is 2.04. The molecule has 1 atom stereocenters. The summed E-state index contributed by atoms with van der Waals surface area (Å²) in [6.45, 7) is -0.704. The molecule has 0 amide bonds. The standard InChI is InChI=1S/C6H7N3O4/c10-1-4(11)5(12)13-6-8-2-7-3-9-6/h2-4,10-11H,1H2. The largest absolute Gasteiger partial charge is 0.393 e. The van der Waals surface area contributed by atoms with Crippen LogP contribution in [-0.2, 0) is 4.79 Å². The van der Waals surface area contributed by atoms with Gasteiger partial charge in [0.15, 0.2) is 6.10 Å². The van der Waals surface area contributed by atoms with E-state index in [1.807, 2.05) is 0 Å². The van der Waals surface area contributed by atoms with E-state index in [1.165, 1.54) is 0 Å². The summed E-state index contributed by atoms with van der Waals surface area (Å²) in [6, 6.07) is -0.215. The van der Waals surface area contributed by atoms with E-state index in [9.17, 15) is 4.79 Å². The number of aliphatic hydroxyl groups excluding tert-OH is 2. The van der Waals surface area contributed by atoms with E-state index in [2.05, 4.69) is 19.7 Å². The van der Waals surface area contributed by atoms with Crippen molar-refractivity contribution in [1.29, 1.82) is 0 Å². The van der Waals surface area contributed by atoms with Crippen LogP contribution in [0.25, 0.3) is 0 Å². The first kappa shape index (κ1) is 9.49. The number of esters is 1. The molecule has 2 N–H and O–H groups in total. The normalized spacial score (nSPS) is 12.2. The van der Waals surface area contributed by atoms with Gasteiger partial charge in [-0.05, 0) is 0 Å². The van der Waals surface area contributed by atoms with Crippen molar-refractivity contribution >= 4 is 5.97 Å². The van der Waals surface area contributed by atoms with Gasteiger partial charge in [0.2, 0.25) is 0 Å². The zero-order valence-electron chi connectivity index (χ0n) is 6.49. The van der Waals surface area contributed by atoms with Crippen LogP contribution in [0.2, 0.25) is 0 Å². The topological polar surface area (TPSA) is 105 Å². The lowest BCUT2D eigenvalue weighted by molar-refractivity contribution is -0.146. The number of aliphatic hydroxyl groups is 2. The molecule has 0 spiro atoms. The third-order valence-corrected chi connectivity index (χ3v) is 1.11. The van der Waals surface area contributed by atoms with Crippen molar-refractivity contribution in [3.63, 3.8) is 0 Å². The number of hydrogen-bond donors (Lipinski definition) is 2. The Kier molecular flexibility index (Phi) is 3.23. The number of carbonyl (C=O) groups is 1. The van der Waals surface area contributed by atoms with Crippen LogP contribution in [0.15, 0.2) is 12.7 Å². The van der Waals surface area contributed by atoms with Gasteiger partial charge in [-0.1, -0.05) is 0 Å². The van der Waals surface area contributed by atoms with Crippen molar-refractivity contribution in [2.45, 2.75) is 6.10 Å². The number of rotatable bonds is 3. The monoisotopic (exact) mass is 185 g/mol. The molecule has 7 nitrogen and oxygen atoms in total. The lowest BCUT2D eigenvalue weighted by atomic mass is 10.4. The van der Waals surface area contributed by atoms with Crippen LogP contribution in [0.5, 0.6) is 6.01 Å². The highest BCUT2D eigenvalue weighted by molar-refractivity contribution is 5.76. The van der Waals surface area contributed by atoms with Gasteiger partial charge in [-0.2, -0.15) is 9.97 Å². The van der Waals surface area contributed by atoms with E-state index in [0.29, 0.717) is 0 Å². The molecular formula is C6H7N3O4. The first-order valence-electron chi connectivity index (χ1n) is 3.36. The minimum absolute atomic E-state index is 0.215. The summed E-state index contributed by atoms with van der Waals surface area (Å²) in [5.74, 6) is -1.01. The van der Waals surface area contributed by atoms with Gasteiger partial charge < -0.3 is 14.9 Å². The van der Waals surface area contributed by atoms with Crippen LogP contribution in [0.3, 0.4) is 0 Å².